The van der Waals surface area contributed by atoms with Crippen LogP contribution < -0.4 is 34.5 Å². The lowest BCUT2D eigenvalue weighted by atomic mass is 10.1. The van der Waals surface area contributed by atoms with Gasteiger partial charge in [-0.25, -0.2) is 13.4 Å². The molecule has 1 aliphatic rings. The first-order chi connectivity index (χ1) is 19.0. The monoisotopic (exact) mass is 590 g/mol. The van der Waals surface area contributed by atoms with E-state index in [0.29, 0.717) is 47.2 Å². The van der Waals surface area contributed by atoms with Gasteiger partial charge in [-0.05, 0) is 31.0 Å². The van der Waals surface area contributed by atoms with Crippen molar-refractivity contribution in [1.82, 2.24) is 15.3 Å². The summed E-state index contributed by atoms with van der Waals surface area (Å²) < 4.78 is 43.2. The van der Waals surface area contributed by atoms with E-state index in [1.807, 2.05) is 13.0 Å². The van der Waals surface area contributed by atoms with Gasteiger partial charge in [0.2, 0.25) is 27.6 Å². The standard InChI is InChI=1S/C26H31ClN6O6S/c1-15-6-8-19(20(10-15)33(40(5,35)36)14-16-7-9-23(34)29-16)31-25-18(27)13-28-26(32-25)30-17-11-21(37-2)24(39-4)22(12-17)38-3/h6,8,10-13,16H,7,9,14H2,1-5H3,(H,29,34)(H2,28,30,31,32)/t16-/m1/s1. The number of nitrogens with one attached hydrogen (secondary N) is 3. The highest BCUT2D eigenvalue weighted by Gasteiger charge is 2.29. The van der Waals surface area contributed by atoms with E-state index in [1.165, 1.54) is 31.8 Å². The van der Waals surface area contributed by atoms with Crippen LogP contribution in [-0.4, -0.2) is 64.5 Å². The molecule has 1 aliphatic heterocycles. The molecule has 2 aromatic carbocycles. The summed E-state index contributed by atoms with van der Waals surface area (Å²) >= 11 is 6.44. The van der Waals surface area contributed by atoms with Crippen LogP contribution in [0.5, 0.6) is 17.2 Å². The molecule has 3 N–H and O–H groups in total. The highest BCUT2D eigenvalue weighted by molar-refractivity contribution is 7.92. The quantitative estimate of drug-likeness (QED) is 0.300. The van der Waals surface area contributed by atoms with E-state index in [2.05, 4.69) is 25.9 Å². The van der Waals surface area contributed by atoms with Gasteiger partial charge in [-0.2, -0.15) is 4.98 Å². The summed E-state index contributed by atoms with van der Waals surface area (Å²) in [5.41, 5.74) is 2.28. The number of aromatic nitrogens is 2. The molecule has 0 radical (unpaired) electrons. The number of anilines is 5. The molecule has 1 saturated heterocycles. The normalized spacial score (nSPS) is 14.8. The summed E-state index contributed by atoms with van der Waals surface area (Å²) in [4.78, 5) is 20.5. The van der Waals surface area contributed by atoms with Gasteiger partial charge in [-0.1, -0.05) is 17.7 Å². The molecule has 0 saturated carbocycles. The Morgan fingerprint density at radius 3 is 2.38 bits per heavy atom. The number of benzene rings is 2. The van der Waals surface area contributed by atoms with Crippen molar-refractivity contribution >= 4 is 56.4 Å². The summed E-state index contributed by atoms with van der Waals surface area (Å²) in [5, 5.41) is 9.31. The summed E-state index contributed by atoms with van der Waals surface area (Å²) in [6.07, 6.45) is 3.47. The van der Waals surface area contributed by atoms with Crippen LogP contribution in [-0.2, 0) is 14.8 Å². The third-order valence-corrected chi connectivity index (χ3v) is 7.63. The fraction of sp³-hybridized carbons (Fsp3) is 0.346. The molecule has 1 aromatic heterocycles. The minimum absolute atomic E-state index is 0.0914. The molecule has 4 rings (SSSR count). The molecule has 3 aromatic rings. The highest BCUT2D eigenvalue weighted by atomic mass is 35.5. The number of hydrogen-bond acceptors (Lipinski definition) is 10. The van der Waals surface area contributed by atoms with Crippen LogP contribution in [0.25, 0.3) is 0 Å². The first-order valence-electron chi connectivity index (χ1n) is 12.3. The molecular formula is C26H31ClN6O6S. The van der Waals surface area contributed by atoms with Crippen molar-refractivity contribution in [3.8, 4) is 17.2 Å². The van der Waals surface area contributed by atoms with E-state index in [4.69, 9.17) is 25.8 Å². The van der Waals surface area contributed by atoms with Crippen LogP contribution >= 0.6 is 11.6 Å². The smallest absolute Gasteiger partial charge is 0.232 e. The van der Waals surface area contributed by atoms with Crippen LogP contribution in [0.4, 0.5) is 28.8 Å². The fourth-order valence-corrected chi connectivity index (χ4v) is 5.40. The zero-order valence-electron chi connectivity index (χ0n) is 22.7. The van der Waals surface area contributed by atoms with Crippen molar-refractivity contribution < 1.29 is 27.4 Å². The van der Waals surface area contributed by atoms with Crippen LogP contribution in [0.15, 0.2) is 36.5 Å². The SMILES string of the molecule is COc1cc(Nc2ncc(Cl)c(Nc3ccc(C)cc3N(C[C@H]3CCC(=O)N3)S(C)(=O)=O)n2)cc(OC)c1OC. The van der Waals surface area contributed by atoms with E-state index in [1.54, 1.807) is 24.3 Å². The molecule has 40 heavy (non-hydrogen) atoms. The summed E-state index contributed by atoms with van der Waals surface area (Å²) in [5.74, 6) is 1.69. The first-order valence-corrected chi connectivity index (χ1v) is 14.5. The number of carbonyl (C=O) groups is 1. The molecule has 2 heterocycles. The highest BCUT2D eigenvalue weighted by Crippen LogP contribution is 2.41. The third kappa shape index (κ3) is 6.59. The zero-order chi connectivity index (χ0) is 29.0. The summed E-state index contributed by atoms with van der Waals surface area (Å²) in [7, 11) is 0.844. The molecular weight excluding hydrogens is 560 g/mol. The summed E-state index contributed by atoms with van der Waals surface area (Å²) in [6, 6.07) is 8.46. The molecule has 1 fully saturated rings. The van der Waals surface area contributed by atoms with Gasteiger partial charge < -0.3 is 30.2 Å². The Bertz CT molecular complexity index is 1490. The minimum atomic E-state index is -3.70. The van der Waals surface area contributed by atoms with Crippen molar-refractivity contribution in [1.29, 1.82) is 0 Å². The van der Waals surface area contributed by atoms with Crippen LogP contribution in [0.2, 0.25) is 5.02 Å². The molecule has 0 aliphatic carbocycles. The minimum Gasteiger partial charge on any atom is -0.493 e. The average molecular weight is 591 g/mol. The van der Waals surface area contributed by atoms with Gasteiger partial charge in [0.25, 0.3) is 0 Å². The molecule has 0 unspecified atom stereocenters. The van der Waals surface area contributed by atoms with E-state index in [9.17, 15) is 13.2 Å². The van der Waals surface area contributed by atoms with Crippen molar-refractivity contribution in [2.75, 3.05) is 49.1 Å². The molecule has 1 amide bonds. The Morgan fingerprint density at radius 1 is 1.10 bits per heavy atom. The zero-order valence-corrected chi connectivity index (χ0v) is 24.3. The Hall–Kier alpha value is -3.97. The number of carbonyl (C=O) groups excluding carboxylic acids is 1. The molecule has 1 atom stereocenters. The number of amides is 1. The number of methoxy groups -OCH3 is 3. The number of sulfonamides is 1. The number of hydrogen-bond donors (Lipinski definition) is 3. The van der Waals surface area contributed by atoms with Gasteiger partial charge in [0.1, 0.15) is 5.02 Å². The van der Waals surface area contributed by atoms with E-state index in [0.717, 1.165) is 11.8 Å². The topological polar surface area (TPSA) is 144 Å². The number of aryl methyl sites for hydroxylation is 1. The number of rotatable bonds is 11. The molecule has 0 bridgehead atoms. The van der Waals surface area contributed by atoms with Crippen LogP contribution in [0.3, 0.4) is 0 Å². The average Bonchev–Trinajstić information content (AvgIpc) is 3.33. The van der Waals surface area contributed by atoms with Gasteiger partial charge in [-0.15, -0.1) is 0 Å². The van der Waals surface area contributed by atoms with Crippen molar-refractivity contribution in [3.63, 3.8) is 0 Å². The lowest BCUT2D eigenvalue weighted by molar-refractivity contribution is -0.119. The van der Waals surface area contributed by atoms with E-state index >= 15 is 0 Å². The maximum Gasteiger partial charge on any atom is 0.232 e. The predicted molar refractivity (Wildman–Crippen MR) is 154 cm³/mol. The second-order valence-corrected chi connectivity index (χ2v) is 11.5. The van der Waals surface area contributed by atoms with Gasteiger partial charge in [0.05, 0.1) is 51.7 Å². The van der Waals surface area contributed by atoms with Crippen molar-refractivity contribution in [2.24, 2.45) is 0 Å². The van der Waals surface area contributed by atoms with E-state index in [-0.39, 0.29) is 35.3 Å². The van der Waals surface area contributed by atoms with Crippen molar-refractivity contribution in [2.45, 2.75) is 25.8 Å². The van der Waals surface area contributed by atoms with Gasteiger partial charge >= 0.3 is 0 Å². The molecule has 0 spiro atoms. The first kappa shape index (κ1) is 29.0. The molecule has 12 nitrogen and oxygen atoms in total. The fourth-order valence-electron chi connectivity index (χ4n) is 4.31. The second kappa shape index (κ2) is 12.0. The Morgan fingerprint density at radius 2 is 1.80 bits per heavy atom. The third-order valence-electron chi connectivity index (χ3n) is 6.21. The number of nitrogens with zero attached hydrogens (tertiary/aromatic N) is 3. The predicted octanol–water partition coefficient (Wildman–Crippen LogP) is 4.00. The second-order valence-electron chi connectivity index (χ2n) is 9.17. The number of halogens is 1. The largest absolute Gasteiger partial charge is 0.493 e. The lowest BCUT2D eigenvalue weighted by Crippen LogP contribution is -2.41. The Balaban J connectivity index is 1.67. The van der Waals surface area contributed by atoms with Crippen LogP contribution in [0, 0.1) is 6.92 Å². The number of ether oxygens (including phenoxy) is 3. The maximum absolute atomic E-state index is 12.9. The van der Waals surface area contributed by atoms with Gasteiger partial charge in [0, 0.05) is 30.3 Å². The van der Waals surface area contributed by atoms with Crippen molar-refractivity contribution in [3.05, 3.63) is 47.1 Å². The van der Waals surface area contributed by atoms with Gasteiger partial charge in [-0.3, -0.25) is 9.10 Å². The summed E-state index contributed by atoms with van der Waals surface area (Å²) in [6.45, 7) is 1.95. The Kier molecular flexibility index (Phi) is 8.74. The Labute approximate surface area is 238 Å². The molecule has 14 heteroatoms. The van der Waals surface area contributed by atoms with Crippen LogP contribution in [0.1, 0.15) is 18.4 Å². The lowest BCUT2D eigenvalue weighted by Gasteiger charge is -2.28. The maximum atomic E-state index is 12.9. The van der Waals surface area contributed by atoms with Gasteiger partial charge in [0.15, 0.2) is 17.3 Å². The molecule has 214 valence electrons. The van der Waals surface area contributed by atoms with E-state index < -0.39 is 10.0 Å².